The molecule has 0 spiro atoms. The van der Waals surface area contributed by atoms with E-state index in [1.807, 2.05) is 6.92 Å². The van der Waals surface area contributed by atoms with Crippen LogP contribution in [0.15, 0.2) is 72.8 Å². The van der Waals surface area contributed by atoms with E-state index in [4.69, 9.17) is 4.43 Å². The minimum atomic E-state index is -2.47. The van der Waals surface area contributed by atoms with E-state index in [1.165, 1.54) is 10.4 Å². The largest absolute Gasteiger partial charge is 0.407 e. The zero-order valence-electron chi connectivity index (χ0n) is 16.2. The van der Waals surface area contributed by atoms with Crippen LogP contribution in [0.25, 0.3) is 0 Å². The summed E-state index contributed by atoms with van der Waals surface area (Å²) in [4.78, 5) is 0. The van der Waals surface area contributed by atoms with Crippen molar-refractivity contribution in [1.29, 1.82) is 0 Å². The first-order chi connectivity index (χ1) is 12.4. The average Bonchev–Trinajstić information content (AvgIpc) is 2.57. The van der Waals surface area contributed by atoms with Crippen LogP contribution < -0.4 is 10.4 Å². The first-order valence-corrected chi connectivity index (χ1v) is 11.4. The fraction of sp³-hybridized carbons (Fsp3) is 0.391. The number of benzene rings is 2. The Morgan fingerprint density at radius 1 is 0.923 bits per heavy atom. The van der Waals surface area contributed by atoms with Gasteiger partial charge in [-0.2, -0.15) is 0 Å². The van der Waals surface area contributed by atoms with Gasteiger partial charge in [-0.05, 0) is 22.3 Å². The molecular formula is C23H30O2Si. The predicted octanol–water partition coefficient (Wildman–Crippen LogP) is 3.75. The van der Waals surface area contributed by atoms with Crippen molar-refractivity contribution >= 4 is 18.7 Å². The molecule has 1 aliphatic rings. The van der Waals surface area contributed by atoms with Gasteiger partial charge in [0.2, 0.25) is 0 Å². The van der Waals surface area contributed by atoms with Gasteiger partial charge in [0.15, 0.2) is 0 Å². The van der Waals surface area contributed by atoms with Crippen molar-refractivity contribution in [3.8, 4) is 0 Å². The summed E-state index contributed by atoms with van der Waals surface area (Å²) in [5.74, 6) is 0.491. The fourth-order valence-corrected chi connectivity index (χ4v) is 8.66. The van der Waals surface area contributed by atoms with Gasteiger partial charge in [-0.1, -0.05) is 93.6 Å². The third-order valence-electron chi connectivity index (χ3n) is 5.54. The van der Waals surface area contributed by atoms with Gasteiger partial charge in [0.05, 0.1) is 6.10 Å². The number of aliphatic hydroxyl groups excluding tert-OH is 1. The monoisotopic (exact) mass is 366 g/mol. The van der Waals surface area contributed by atoms with Crippen LogP contribution in [0.4, 0.5) is 0 Å². The summed E-state index contributed by atoms with van der Waals surface area (Å²) in [6.45, 7) is 9.40. The summed E-state index contributed by atoms with van der Waals surface area (Å²) in [6.07, 6.45) is 3.95. The van der Waals surface area contributed by atoms with E-state index < -0.39 is 8.32 Å². The molecule has 26 heavy (non-hydrogen) atoms. The van der Waals surface area contributed by atoms with Gasteiger partial charge in [0.1, 0.15) is 0 Å². The molecule has 2 aromatic rings. The van der Waals surface area contributed by atoms with Crippen LogP contribution in [-0.4, -0.2) is 26.1 Å². The first-order valence-electron chi connectivity index (χ1n) is 9.47. The van der Waals surface area contributed by atoms with Crippen LogP contribution in [0.5, 0.6) is 0 Å². The first kappa shape index (κ1) is 19.1. The molecule has 0 saturated heterocycles. The van der Waals surface area contributed by atoms with Gasteiger partial charge in [0, 0.05) is 18.4 Å². The van der Waals surface area contributed by atoms with Crippen molar-refractivity contribution in [3.05, 3.63) is 72.8 Å². The van der Waals surface area contributed by atoms with Gasteiger partial charge in [-0.25, -0.2) is 0 Å². The van der Waals surface area contributed by atoms with Crippen LogP contribution in [0.3, 0.4) is 0 Å². The lowest BCUT2D eigenvalue weighted by Crippen LogP contribution is -2.67. The highest BCUT2D eigenvalue weighted by molar-refractivity contribution is 6.99. The van der Waals surface area contributed by atoms with Crippen LogP contribution in [0, 0.1) is 11.8 Å². The topological polar surface area (TPSA) is 29.5 Å². The van der Waals surface area contributed by atoms with E-state index in [1.54, 1.807) is 0 Å². The average molecular weight is 367 g/mol. The fourth-order valence-electron chi connectivity index (χ4n) is 4.06. The minimum absolute atomic E-state index is 0.0104. The van der Waals surface area contributed by atoms with Crippen LogP contribution in [-0.2, 0) is 4.43 Å². The Hall–Kier alpha value is -1.68. The van der Waals surface area contributed by atoms with Crippen LogP contribution in [0.1, 0.15) is 27.7 Å². The summed E-state index contributed by atoms with van der Waals surface area (Å²) >= 11 is 0. The summed E-state index contributed by atoms with van der Waals surface area (Å²) in [7, 11) is -2.47. The number of hydrogen-bond donors (Lipinski definition) is 1. The third-order valence-corrected chi connectivity index (χ3v) is 10.5. The molecule has 0 aromatic heterocycles. The van der Waals surface area contributed by atoms with E-state index in [0.717, 1.165) is 0 Å². The van der Waals surface area contributed by atoms with Crippen molar-refractivity contribution in [2.24, 2.45) is 11.8 Å². The van der Waals surface area contributed by atoms with E-state index in [-0.39, 0.29) is 23.0 Å². The highest BCUT2D eigenvalue weighted by Crippen LogP contribution is 2.38. The van der Waals surface area contributed by atoms with Gasteiger partial charge in [-0.15, -0.1) is 0 Å². The minimum Gasteiger partial charge on any atom is -0.407 e. The van der Waals surface area contributed by atoms with Crippen LogP contribution in [0.2, 0.25) is 5.04 Å². The Balaban J connectivity index is 2.02. The van der Waals surface area contributed by atoms with Crippen molar-refractivity contribution in [2.75, 3.05) is 6.61 Å². The quantitative estimate of drug-likeness (QED) is 0.623. The molecular weight excluding hydrogens is 336 g/mol. The van der Waals surface area contributed by atoms with Gasteiger partial charge in [-0.3, -0.25) is 0 Å². The normalized spacial score (nSPS) is 21.3. The molecule has 0 saturated carbocycles. The lowest BCUT2D eigenvalue weighted by molar-refractivity contribution is 0.0926. The second-order valence-electron chi connectivity index (χ2n) is 8.34. The molecule has 0 heterocycles. The molecule has 0 radical (unpaired) electrons. The van der Waals surface area contributed by atoms with Crippen molar-refractivity contribution in [2.45, 2.75) is 38.8 Å². The van der Waals surface area contributed by atoms with Crippen molar-refractivity contribution in [3.63, 3.8) is 0 Å². The van der Waals surface area contributed by atoms with Gasteiger partial charge >= 0.3 is 0 Å². The lowest BCUT2D eigenvalue weighted by atomic mass is 9.79. The second kappa shape index (κ2) is 7.51. The molecule has 1 aliphatic carbocycles. The zero-order valence-corrected chi connectivity index (χ0v) is 17.2. The smallest absolute Gasteiger partial charge is 0.261 e. The highest BCUT2D eigenvalue weighted by Gasteiger charge is 2.50. The van der Waals surface area contributed by atoms with Gasteiger partial charge < -0.3 is 9.53 Å². The van der Waals surface area contributed by atoms with E-state index >= 15 is 0 Å². The molecule has 138 valence electrons. The molecule has 0 fully saturated rings. The third kappa shape index (κ3) is 3.44. The van der Waals surface area contributed by atoms with E-state index in [2.05, 4.69) is 93.6 Å². The SMILES string of the molecule is C[C@@H](O)[C@@H]1C=C[C@@H]1CO[Si](c1ccccc1)(c1ccccc1)C(C)(C)C. The molecule has 0 unspecified atom stereocenters. The highest BCUT2D eigenvalue weighted by atomic mass is 28.4. The molecule has 1 N–H and O–H groups in total. The number of hydrogen-bond acceptors (Lipinski definition) is 2. The second-order valence-corrected chi connectivity index (χ2v) is 12.6. The molecule has 3 heteroatoms. The molecule has 0 bridgehead atoms. The Bertz CT molecular complexity index is 692. The van der Waals surface area contributed by atoms with E-state index in [9.17, 15) is 5.11 Å². The maximum absolute atomic E-state index is 9.97. The van der Waals surface area contributed by atoms with E-state index in [0.29, 0.717) is 6.61 Å². The van der Waals surface area contributed by atoms with Crippen molar-refractivity contribution < 1.29 is 9.53 Å². The van der Waals surface area contributed by atoms with Gasteiger partial charge in [0.25, 0.3) is 8.32 Å². The Kier molecular flexibility index (Phi) is 5.52. The summed E-state index contributed by atoms with van der Waals surface area (Å²) in [5, 5.41) is 12.6. The number of aliphatic hydroxyl groups is 1. The summed E-state index contributed by atoms with van der Waals surface area (Å²) < 4.78 is 6.93. The molecule has 2 nitrogen and oxygen atoms in total. The zero-order chi connectivity index (χ0) is 18.8. The standard InChI is InChI=1S/C23H30O2Si/c1-18(24)22-16-15-19(22)17-25-26(23(2,3)4,20-11-7-5-8-12-20)21-13-9-6-10-14-21/h5-16,18-19,22,24H,17H2,1-4H3/t18-,19-,22+/m1/s1. The molecule has 0 aliphatic heterocycles. The Morgan fingerprint density at radius 2 is 1.42 bits per heavy atom. The maximum atomic E-state index is 9.97. The number of rotatable bonds is 6. The maximum Gasteiger partial charge on any atom is 0.261 e. The molecule has 3 rings (SSSR count). The predicted molar refractivity (Wildman–Crippen MR) is 111 cm³/mol. The molecule has 2 aromatic carbocycles. The van der Waals surface area contributed by atoms with Crippen molar-refractivity contribution in [1.82, 2.24) is 0 Å². The molecule has 3 atom stereocenters. The van der Waals surface area contributed by atoms with Crippen LogP contribution >= 0.6 is 0 Å². The summed E-state index contributed by atoms with van der Waals surface area (Å²) in [5.41, 5.74) is 0. The Labute approximate surface area is 158 Å². The lowest BCUT2D eigenvalue weighted by Gasteiger charge is -2.45. The molecule has 0 amide bonds. The Morgan fingerprint density at radius 3 is 1.77 bits per heavy atom. The summed E-state index contributed by atoms with van der Waals surface area (Å²) in [6, 6.07) is 21.4.